The number of anilines is 1. The zero-order valence-electron chi connectivity index (χ0n) is 17.1. The van der Waals surface area contributed by atoms with Gasteiger partial charge in [0.25, 0.3) is 0 Å². The Morgan fingerprint density at radius 2 is 1.65 bits per heavy atom. The van der Waals surface area contributed by atoms with Crippen molar-refractivity contribution in [2.24, 2.45) is 0 Å². The van der Waals surface area contributed by atoms with E-state index >= 15 is 0 Å². The molecule has 0 saturated carbocycles. The number of aryl methyl sites for hydroxylation is 1. The molecule has 2 aromatic heterocycles. The molecule has 4 aromatic rings. The fraction of sp³-hybridized carbons (Fsp3) is 0.130. The van der Waals surface area contributed by atoms with Crippen LogP contribution in [0.25, 0.3) is 11.4 Å². The first kappa shape index (κ1) is 20.6. The van der Waals surface area contributed by atoms with Crippen LogP contribution in [0.3, 0.4) is 0 Å². The number of hydrogen-bond acceptors (Lipinski definition) is 5. The molecule has 156 valence electrons. The second-order valence-electron chi connectivity index (χ2n) is 7.02. The number of amides is 1. The molecule has 2 heterocycles. The van der Waals surface area contributed by atoms with Gasteiger partial charge in [0.05, 0.1) is 5.75 Å². The van der Waals surface area contributed by atoms with Crippen molar-refractivity contribution in [1.82, 2.24) is 19.5 Å². The Balaban J connectivity index is 1.51. The lowest BCUT2D eigenvalue weighted by molar-refractivity contribution is -0.113. The van der Waals surface area contributed by atoms with E-state index in [-0.39, 0.29) is 17.4 Å². The highest BCUT2D eigenvalue weighted by atomic mass is 32.2. The summed E-state index contributed by atoms with van der Waals surface area (Å²) in [6.45, 7) is 3.55. The Morgan fingerprint density at radius 1 is 0.968 bits per heavy atom. The Labute approximate surface area is 184 Å². The zero-order valence-corrected chi connectivity index (χ0v) is 18.0. The summed E-state index contributed by atoms with van der Waals surface area (Å²) in [6, 6.07) is 18.7. The predicted molar refractivity (Wildman–Crippen MR) is 121 cm³/mol. The molecule has 0 aliphatic heterocycles. The van der Waals surface area contributed by atoms with Gasteiger partial charge in [-0.3, -0.25) is 14.3 Å². The molecule has 0 saturated heterocycles. The van der Waals surface area contributed by atoms with Crippen LogP contribution in [-0.4, -0.2) is 37.0 Å². The second-order valence-corrected chi connectivity index (χ2v) is 7.96. The summed E-state index contributed by atoms with van der Waals surface area (Å²) in [7, 11) is 0. The smallest absolute Gasteiger partial charge is 0.234 e. The highest BCUT2D eigenvalue weighted by molar-refractivity contribution is 7.99. The molecule has 31 heavy (non-hydrogen) atoms. The van der Waals surface area contributed by atoms with Crippen LogP contribution >= 0.6 is 11.8 Å². The van der Waals surface area contributed by atoms with Crippen LogP contribution in [0.2, 0.25) is 0 Å². The lowest BCUT2D eigenvalue weighted by Gasteiger charge is -2.11. The molecule has 2 aromatic carbocycles. The van der Waals surface area contributed by atoms with Crippen LogP contribution in [0.1, 0.15) is 22.8 Å². The van der Waals surface area contributed by atoms with Gasteiger partial charge in [-0.15, -0.1) is 10.2 Å². The van der Waals surface area contributed by atoms with Crippen LogP contribution in [0.4, 0.5) is 5.69 Å². The molecule has 0 radical (unpaired) electrons. The zero-order chi connectivity index (χ0) is 21.8. The van der Waals surface area contributed by atoms with E-state index < -0.39 is 0 Å². The number of thioether (sulfide) groups is 1. The van der Waals surface area contributed by atoms with Crippen LogP contribution in [-0.2, 0) is 4.79 Å². The molecule has 0 aliphatic carbocycles. The van der Waals surface area contributed by atoms with Gasteiger partial charge in [-0.25, -0.2) is 4.68 Å². The molecular weight excluding hydrogens is 410 g/mol. The Kier molecular flexibility index (Phi) is 5.99. The fourth-order valence-corrected chi connectivity index (χ4v) is 3.75. The molecule has 0 fully saturated rings. The summed E-state index contributed by atoms with van der Waals surface area (Å²) in [5, 5.41) is 12.1. The van der Waals surface area contributed by atoms with Crippen molar-refractivity contribution in [2.75, 3.05) is 11.1 Å². The molecule has 0 aliphatic rings. The molecule has 7 nitrogen and oxygen atoms in total. The topological polar surface area (TPSA) is 81.8 Å². The average molecular weight is 432 g/mol. The van der Waals surface area contributed by atoms with Crippen LogP contribution in [0, 0.1) is 6.92 Å². The summed E-state index contributed by atoms with van der Waals surface area (Å²) in [5.41, 5.74) is 3.35. The average Bonchev–Trinajstić information content (AvgIpc) is 3.43. The van der Waals surface area contributed by atoms with Gasteiger partial charge in [0.2, 0.25) is 11.1 Å². The first-order valence-corrected chi connectivity index (χ1v) is 10.7. The Bertz CT molecular complexity index is 1200. The molecule has 0 bridgehead atoms. The largest absolute Gasteiger partial charge is 0.325 e. The van der Waals surface area contributed by atoms with E-state index in [1.807, 2.05) is 65.1 Å². The van der Waals surface area contributed by atoms with E-state index in [4.69, 9.17) is 0 Å². The second kappa shape index (κ2) is 9.01. The number of aromatic nitrogens is 4. The minimum absolute atomic E-state index is 0.0119. The molecule has 0 unspecified atom stereocenters. The van der Waals surface area contributed by atoms with Crippen molar-refractivity contribution in [3.63, 3.8) is 0 Å². The molecule has 4 rings (SSSR count). The molecule has 0 spiro atoms. The van der Waals surface area contributed by atoms with Crippen LogP contribution < -0.4 is 5.32 Å². The van der Waals surface area contributed by atoms with Crippen molar-refractivity contribution < 1.29 is 9.59 Å². The summed E-state index contributed by atoms with van der Waals surface area (Å²) >= 11 is 1.30. The van der Waals surface area contributed by atoms with Gasteiger partial charge in [0, 0.05) is 29.2 Å². The van der Waals surface area contributed by atoms with Crippen molar-refractivity contribution in [3.05, 3.63) is 84.2 Å². The number of nitrogens with one attached hydrogen (secondary N) is 1. The fourth-order valence-electron chi connectivity index (χ4n) is 3.02. The van der Waals surface area contributed by atoms with Crippen molar-refractivity contribution in [3.8, 4) is 11.4 Å². The van der Waals surface area contributed by atoms with Gasteiger partial charge in [-0.2, -0.15) is 0 Å². The van der Waals surface area contributed by atoms with E-state index in [2.05, 4.69) is 15.5 Å². The SMILES string of the molecule is CC(=O)c1ccc(NC(=O)CSc2nnc(-c3ccc(C)cc3)n2-n2cccc2)cc1. The summed E-state index contributed by atoms with van der Waals surface area (Å²) in [5.74, 6) is 0.683. The van der Waals surface area contributed by atoms with Gasteiger partial charge in [-0.1, -0.05) is 41.6 Å². The van der Waals surface area contributed by atoms with Crippen molar-refractivity contribution in [1.29, 1.82) is 0 Å². The first-order chi connectivity index (χ1) is 15.0. The third-order valence-electron chi connectivity index (χ3n) is 4.65. The van der Waals surface area contributed by atoms with Gasteiger partial charge >= 0.3 is 0 Å². The van der Waals surface area contributed by atoms with E-state index in [0.717, 1.165) is 5.56 Å². The summed E-state index contributed by atoms with van der Waals surface area (Å²) in [6.07, 6.45) is 3.81. The normalized spacial score (nSPS) is 10.8. The molecular formula is C23H21N5O2S. The number of nitrogens with zero attached hydrogens (tertiary/aromatic N) is 4. The maximum atomic E-state index is 12.5. The van der Waals surface area contributed by atoms with E-state index in [1.54, 1.807) is 24.3 Å². The number of ketones is 1. The maximum absolute atomic E-state index is 12.5. The molecule has 0 atom stereocenters. The highest BCUT2D eigenvalue weighted by Crippen LogP contribution is 2.25. The van der Waals surface area contributed by atoms with Crippen LogP contribution in [0.5, 0.6) is 0 Å². The Hall–Kier alpha value is -3.65. The van der Waals surface area contributed by atoms with E-state index in [9.17, 15) is 9.59 Å². The van der Waals surface area contributed by atoms with Gasteiger partial charge in [0.1, 0.15) is 0 Å². The third kappa shape index (κ3) is 4.75. The minimum Gasteiger partial charge on any atom is -0.325 e. The van der Waals surface area contributed by atoms with Gasteiger partial charge in [0.15, 0.2) is 11.6 Å². The molecule has 1 amide bonds. The number of benzene rings is 2. The van der Waals surface area contributed by atoms with Gasteiger partial charge in [-0.05, 0) is 50.2 Å². The minimum atomic E-state index is -0.167. The molecule has 8 heteroatoms. The van der Waals surface area contributed by atoms with Gasteiger partial charge < -0.3 is 5.32 Å². The number of rotatable bonds is 7. The van der Waals surface area contributed by atoms with E-state index in [1.165, 1.54) is 24.2 Å². The van der Waals surface area contributed by atoms with Crippen molar-refractivity contribution in [2.45, 2.75) is 19.0 Å². The third-order valence-corrected chi connectivity index (χ3v) is 5.57. The lowest BCUT2D eigenvalue weighted by Crippen LogP contribution is -2.16. The number of hydrogen-bond donors (Lipinski definition) is 1. The number of carbonyl (C=O) groups is 2. The number of carbonyl (C=O) groups excluding carboxylic acids is 2. The van der Waals surface area contributed by atoms with Crippen molar-refractivity contribution >= 4 is 29.1 Å². The first-order valence-electron chi connectivity index (χ1n) is 9.71. The van der Waals surface area contributed by atoms with Crippen LogP contribution in [0.15, 0.2) is 78.2 Å². The van der Waals surface area contributed by atoms with E-state index in [0.29, 0.717) is 22.2 Å². The summed E-state index contributed by atoms with van der Waals surface area (Å²) in [4.78, 5) is 23.8. The number of Topliss-reactive ketones (excluding diaryl/α,β-unsaturated/α-hetero) is 1. The molecule has 1 N–H and O–H groups in total. The highest BCUT2D eigenvalue weighted by Gasteiger charge is 2.17. The quantitative estimate of drug-likeness (QED) is 0.349. The maximum Gasteiger partial charge on any atom is 0.234 e. The Morgan fingerprint density at radius 3 is 2.29 bits per heavy atom. The standard InChI is InChI=1S/C23H21N5O2S/c1-16-5-7-19(8-6-16)22-25-26-23(28(22)27-13-3-4-14-27)31-15-21(30)24-20-11-9-18(10-12-20)17(2)29/h3-14H,15H2,1-2H3,(H,24,30). The lowest BCUT2D eigenvalue weighted by atomic mass is 10.1. The monoisotopic (exact) mass is 431 g/mol. The predicted octanol–water partition coefficient (Wildman–Crippen LogP) is 4.30. The summed E-state index contributed by atoms with van der Waals surface area (Å²) < 4.78 is 3.76.